The van der Waals surface area contributed by atoms with Crippen LogP contribution in [-0.4, -0.2) is 254 Å². The minimum atomic E-state index is -1.26. The molecule has 77 heavy (non-hydrogen) atoms. The van der Waals surface area contributed by atoms with Crippen LogP contribution >= 0.6 is 0 Å². The van der Waals surface area contributed by atoms with E-state index in [2.05, 4.69) is 0 Å². The van der Waals surface area contributed by atoms with Gasteiger partial charge in [0.25, 0.3) is 0 Å². The van der Waals surface area contributed by atoms with Crippen LogP contribution in [-0.2, 0) is 94.7 Å². The fraction of sp³-hybridized carbons (Fsp3) is 1.00. The maximum absolute atomic E-state index is 11.8. The number of ether oxygens (including phenoxy) is 20. The molecular formula is C52H88O25. The number of hydrogen-bond acceptors (Lipinski definition) is 25. The van der Waals surface area contributed by atoms with Gasteiger partial charge in [-0.15, -0.1) is 0 Å². The first-order valence-corrected chi connectivity index (χ1v) is 28.4. The van der Waals surface area contributed by atoms with Gasteiger partial charge in [0, 0.05) is 72.2 Å². The molecule has 0 aromatic heterocycles. The van der Waals surface area contributed by atoms with E-state index >= 15 is 0 Å². The van der Waals surface area contributed by atoms with Gasteiger partial charge in [-0.2, -0.15) is 0 Å². The van der Waals surface area contributed by atoms with Crippen molar-refractivity contribution in [2.45, 2.75) is 245 Å². The van der Waals surface area contributed by atoms with Crippen molar-refractivity contribution in [2.75, 3.05) is 86.9 Å². The molecule has 0 radical (unpaired) electrons. The second-order valence-corrected chi connectivity index (χ2v) is 21.5. The summed E-state index contributed by atoms with van der Waals surface area (Å²) in [7, 11) is 3.26. The third kappa shape index (κ3) is 17.8. The van der Waals surface area contributed by atoms with Crippen LogP contribution in [0.25, 0.3) is 0 Å². The van der Waals surface area contributed by atoms with E-state index in [1.807, 2.05) is 0 Å². The normalized spacial score (nSPS) is 45.0. The number of aliphatic hydroxyl groups is 5. The summed E-state index contributed by atoms with van der Waals surface area (Å²) in [6.07, 6.45) is -0.568. The molecule has 25 nitrogen and oxygen atoms in total. The van der Waals surface area contributed by atoms with E-state index in [0.29, 0.717) is 90.1 Å². The van der Waals surface area contributed by atoms with Crippen molar-refractivity contribution in [1.82, 2.24) is 0 Å². The molecule has 23 atom stereocenters. The second-order valence-electron chi connectivity index (χ2n) is 21.5. The molecule has 10 saturated heterocycles. The van der Waals surface area contributed by atoms with E-state index in [9.17, 15) is 20.4 Å². The first-order valence-electron chi connectivity index (χ1n) is 28.4. The smallest absolute Gasteiger partial charge is 0.186 e. The molecule has 10 heterocycles. The largest absolute Gasteiger partial charge is 0.394 e. The molecule has 446 valence electrons. The van der Waals surface area contributed by atoms with Crippen LogP contribution in [0.2, 0.25) is 0 Å². The minimum absolute atomic E-state index is 0.0412. The molecule has 25 heteroatoms. The summed E-state index contributed by atoms with van der Waals surface area (Å²) in [5, 5.41) is 49.1. The van der Waals surface area contributed by atoms with Crippen molar-refractivity contribution in [3.63, 3.8) is 0 Å². The standard InChI is InChI=1S/C47H78O23.C5H10O2/c1-52-29-6-9-37(54-20-29)68-35-24-58-44(16-33(35)66-41-13-4-27(18-49)61-41)63-30-7-10-39(55-21-30)69-36-25-59-47(45(51)46(36)70-42-14-5-28(19-50)62-42)64-31-8-11-38(56-22-31)67-34-23-57-43(53-2)15-32(34)65-40-12-3-26(17-48)60-40;6-4-5-2-1-3-7-5/h26-51H,3-25H2,1-2H3;5-6H,1-4H2. The third-order valence-electron chi connectivity index (χ3n) is 15.8. The van der Waals surface area contributed by atoms with Crippen molar-refractivity contribution >= 4 is 0 Å². The Balaban J connectivity index is 0.000000956. The van der Waals surface area contributed by atoms with Gasteiger partial charge < -0.3 is 120 Å². The summed E-state index contributed by atoms with van der Waals surface area (Å²) in [6.45, 7) is 2.17. The molecule has 0 aromatic rings. The Labute approximate surface area is 451 Å². The predicted molar refractivity (Wildman–Crippen MR) is 259 cm³/mol. The monoisotopic (exact) mass is 1110 g/mol. The molecule has 10 fully saturated rings. The van der Waals surface area contributed by atoms with Crippen molar-refractivity contribution in [3.05, 3.63) is 0 Å². The highest BCUT2D eigenvalue weighted by Crippen LogP contribution is 2.35. The quantitative estimate of drug-likeness (QED) is 0.101. The molecular weight excluding hydrogens is 1020 g/mol. The van der Waals surface area contributed by atoms with Crippen LogP contribution in [0.15, 0.2) is 0 Å². The Hall–Kier alpha value is -1.00. The SMILES string of the molecule is COC1CCC(OC2COC(OC3CCC(OC4COC(OC5CCC(OC6COC(OC)CC6OC6CCC(CO)O6)OC5)C(O)C4OC4CCC(CO)O4)OC3)CC2OC2CCC(CO)O2)OC1.OCC1CCCO1. The van der Waals surface area contributed by atoms with E-state index < -0.39 is 99.3 Å². The van der Waals surface area contributed by atoms with Gasteiger partial charge in [0.15, 0.2) is 56.6 Å². The Morgan fingerprint density at radius 2 is 0.792 bits per heavy atom. The number of rotatable bonds is 22. The lowest BCUT2D eigenvalue weighted by atomic mass is 10.0. The van der Waals surface area contributed by atoms with Crippen molar-refractivity contribution < 1.29 is 120 Å². The molecule has 10 rings (SSSR count). The van der Waals surface area contributed by atoms with E-state index in [0.717, 1.165) is 25.9 Å². The predicted octanol–water partition coefficient (Wildman–Crippen LogP) is 0.999. The van der Waals surface area contributed by atoms with Crippen LogP contribution in [0, 0.1) is 0 Å². The van der Waals surface area contributed by atoms with Gasteiger partial charge in [0.05, 0.1) is 121 Å². The molecule has 0 bridgehead atoms. The lowest BCUT2D eigenvalue weighted by Gasteiger charge is -2.44. The molecule has 0 amide bonds. The summed E-state index contributed by atoms with van der Waals surface area (Å²) in [4.78, 5) is 0. The maximum Gasteiger partial charge on any atom is 0.186 e. The fourth-order valence-electron chi connectivity index (χ4n) is 11.3. The molecule has 5 N–H and O–H groups in total. The van der Waals surface area contributed by atoms with Gasteiger partial charge in [-0.3, -0.25) is 0 Å². The Morgan fingerprint density at radius 3 is 1.25 bits per heavy atom. The van der Waals surface area contributed by atoms with Crippen LogP contribution in [0.4, 0.5) is 0 Å². The van der Waals surface area contributed by atoms with Crippen LogP contribution in [0.3, 0.4) is 0 Å². The summed E-state index contributed by atoms with van der Waals surface area (Å²) in [5.41, 5.74) is 0. The zero-order chi connectivity index (χ0) is 53.5. The zero-order valence-electron chi connectivity index (χ0n) is 44.8. The summed E-state index contributed by atoms with van der Waals surface area (Å²) < 4.78 is 121. The Bertz CT molecular complexity index is 1630. The highest BCUT2D eigenvalue weighted by Gasteiger charge is 2.48. The van der Waals surface area contributed by atoms with E-state index in [4.69, 9.17) is 99.8 Å². The van der Waals surface area contributed by atoms with Crippen LogP contribution < -0.4 is 0 Å². The number of hydrogen-bond donors (Lipinski definition) is 5. The molecule has 23 unspecified atom stereocenters. The zero-order valence-corrected chi connectivity index (χ0v) is 44.8. The average molecular weight is 1110 g/mol. The average Bonchev–Trinajstić information content (AvgIpc) is 4.33. The van der Waals surface area contributed by atoms with Gasteiger partial charge in [-0.25, -0.2) is 0 Å². The molecule has 10 aliphatic rings. The highest BCUT2D eigenvalue weighted by atomic mass is 16.8. The van der Waals surface area contributed by atoms with Crippen molar-refractivity contribution in [1.29, 1.82) is 0 Å². The van der Waals surface area contributed by atoms with Gasteiger partial charge >= 0.3 is 0 Å². The van der Waals surface area contributed by atoms with Gasteiger partial charge in [0.2, 0.25) is 0 Å². The minimum Gasteiger partial charge on any atom is -0.394 e. The molecule has 0 aliphatic carbocycles. The lowest BCUT2D eigenvalue weighted by Crippen LogP contribution is -2.58. The number of methoxy groups -OCH3 is 2. The summed E-state index contributed by atoms with van der Waals surface area (Å²) in [6, 6.07) is 0. The Kier molecular flexibility index (Phi) is 24.4. The highest BCUT2D eigenvalue weighted by molar-refractivity contribution is 4.89. The van der Waals surface area contributed by atoms with E-state index in [1.165, 1.54) is 0 Å². The lowest BCUT2D eigenvalue weighted by molar-refractivity contribution is -0.345. The van der Waals surface area contributed by atoms with Gasteiger partial charge in [-0.05, 0) is 51.4 Å². The van der Waals surface area contributed by atoms with Crippen molar-refractivity contribution in [2.24, 2.45) is 0 Å². The Morgan fingerprint density at radius 1 is 0.351 bits per heavy atom. The molecule has 10 aliphatic heterocycles. The molecule has 0 saturated carbocycles. The first kappa shape index (κ1) is 60.6. The van der Waals surface area contributed by atoms with Crippen molar-refractivity contribution in [3.8, 4) is 0 Å². The molecule has 0 aromatic carbocycles. The third-order valence-corrected chi connectivity index (χ3v) is 15.8. The fourth-order valence-corrected chi connectivity index (χ4v) is 11.3. The topological polar surface area (TPSA) is 286 Å². The van der Waals surface area contributed by atoms with Gasteiger partial charge in [0.1, 0.15) is 30.5 Å². The second kappa shape index (κ2) is 31.1. The maximum atomic E-state index is 11.8. The molecule has 0 spiro atoms. The van der Waals surface area contributed by atoms with Crippen LogP contribution in [0.1, 0.15) is 103 Å². The van der Waals surface area contributed by atoms with E-state index in [1.54, 1.807) is 14.2 Å². The van der Waals surface area contributed by atoms with E-state index in [-0.39, 0.29) is 102 Å². The number of aliphatic hydroxyl groups excluding tert-OH is 5. The summed E-state index contributed by atoms with van der Waals surface area (Å²) in [5.74, 6) is 0. The van der Waals surface area contributed by atoms with Gasteiger partial charge in [-0.1, -0.05) is 0 Å². The first-order chi connectivity index (χ1) is 37.7. The van der Waals surface area contributed by atoms with Crippen LogP contribution in [0.5, 0.6) is 0 Å². The summed E-state index contributed by atoms with van der Waals surface area (Å²) >= 11 is 0.